The van der Waals surface area contributed by atoms with Crippen molar-refractivity contribution in [3.63, 3.8) is 0 Å². The maximum atomic E-state index is 12.6. The number of para-hydroxylation sites is 2. The van der Waals surface area contributed by atoms with E-state index in [2.05, 4.69) is 52.5 Å². The molecule has 1 fully saturated rings. The molecule has 1 saturated heterocycles. The van der Waals surface area contributed by atoms with Gasteiger partial charge in [0.1, 0.15) is 11.8 Å². The number of carbonyl (C=O) groups is 1. The molecule has 1 atom stereocenters. The maximum Gasteiger partial charge on any atom is 0.246 e. The molecular formula is C23H32N4O2. The van der Waals surface area contributed by atoms with Crippen LogP contribution in [0.3, 0.4) is 0 Å². The van der Waals surface area contributed by atoms with E-state index in [4.69, 9.17) is 4.74 Å². The van der Waals surface area contributed by atoms with Crippen molar-refractivity contribution in [2.75, 3.05) is 55.4 Å². The fourth-order valence-corrected chi connectivity index (χ4v) is 3.62. The molecule has 0 unspecified atom stereocenters. The SMILES string of the molecule is CCN1CCN(c2ccc(N[C@H](C)C(=O)Nc3ccccc3OC)c(C)c2)CC1. The molecule has 1 heterocycles. The maximum absolute atomic E-state index is 12.6. The molecule has 156 valence electrons. The molecule has 2 N–H and O–H groups in total. The number of carbonyl (C=O) groups excluding carboxylic acids is 1. The van der Waals surface area contributed by atoms with E-state index in [1.165, 1.54) is 5.69 Å². The second-order valence-corrected chi connectivity index (χ2v) is 7.48. The average Bonchev–Trinajstić information content (AvgIpc) is 2.75. The smallest absolute Gasteiger partial charge is 0.246 e. The summed E-state index contributed by atoms with van der Waals surface area (Å²) in [4.78, 5) is 17.5. The van der Waals surface area contributed by atoms with Crippen LogP contribution in [0.15, 0.2) is 42.5 Å². The van der Waals surface area contributed by atoms with E-state index in [-0.39, 0.29) is 11.9 Å². The van der Waals surface area contributed by atoms with Gasteiger partial charge in [0, 0.05) is 37.6 Å². The number of benzene rings is 2. The van der Waals surface area contributed by atoms with Crippen LogP contribution in [0.4, 0.5) is 17.1 Å². The Labute approximate surface area is 173 Å². The summed E-state index contributed by atoms with van der Waals surface area (Å²) in [6.45, 7) is 11.6. The zero-order valence-electron chi connectivity index (χ0n) is 17.9. The van der Waals surface area contributed by atoms with Crippen LogP contribution < -0.4 is 20.3 Å². The Balaban J connectivity index is 1.61. The topological polar surface area (TPSA) is 56.8 Å². The first-order chi connectivity index (χ1) is 14.0. The quantitative estimate of drug-likeness (QED) is 0.749. The molecule has 0 aliphatic carbocycles. The molecule has 0 spiro atoms. The molecule has 6 nitrogen and oxygen atoms in total. The minimum absolute atomic E-state index is 0.103. The normalized spacial score (nSPS) is 15.7. The lowest BCUT2D eigenvalue weighted by Gasteiger charge is -2.35. The van der Waals surface area contributed by atoms with Gasteiger partial charge in [0.2, 0.25) is 5.91 Å². The number of hydrogen-bond donors (Lipinski definition) is 2. The summed E-state index contributed by atoms with van der Waals surface area (Å²) in [6, 6.07) is 13.5. The molecule has 0 radical (unpaired) electrons. The van der Waals surface area contributed by atoms with Gasteiger partial charge in [0.25, 0.3) is 0 Å². The molecule has 0 saturated carbocycles. The number of nitrogens with one attached hydrogen (secondary N) is 2. The third kappa shape index (κ3) is 5.21. The third-order valence-corrected chi connectivity index (χ3v) is 5.52. The van der Waals surface area contributed by atoms with Gasteiger partial charge in [-0.25, -0.2) is 0 Å². The van der Waals surface area contributed by atoms with Gasteiger partial charge in [-0.15, -0.1) is 0 Å². The standard InChI is InChI=1S/C23H32N4O2/c1-5-26-12-14-27(15-13-26)19-10-11-20(17(2)16-19)24-18(3)23(28)25-21-8-6-7-9-22(21)29-4/h6-11,16,18,24H,5,12-15H2,1-4H3,(H,25,28)/t18-/m1/s1. The summed E-state index contributed by atoms with van der Waals surface area (Å²) in [5.41, 5.74) is 4.03. The number of hydrogen-bond acceptors (Lipinski definition) is 5. The summed E-state index contributed by atoms with van der Waals surface area (Å²) >= 11 is 0. The van der Waals surface area contributed by atoms with Crippen LogP contribution in [0.5, 0.6) is 5.75 Å². The summed E-state index contributed by atoms with van der Waals surface area (Å²) in [6.07, 6.45) is 0. The molecule has 1 aliphatic rings. The average molecular weight is 397 g/mol. The number of nitrogens with zero attached hydrogens (tertiary/aromatic N) is 2. The number of anilines is 3. The van der Waals surface area contributed by atoms with Gasteiger partial charge in [0.05, 0.1) is 12.8 Å². The number of rotatable bonds is 7. The summed E-state index contributed by atoms with van der Waals surface area (Å²) in [5.74, 6) is 0.547. The number of aryl methyl sites for hydroxylation is 1. The lowest BCUT2D eigenvalue weighted by atomic mass is 10.1. The fraction of sp³-hybridized carbons (Fsp3) is 0.435. The first-order valence-corrected chi connectivity index (χ1v) is 10.3. The molecule has 1 amide bonds. The molecule has 6 heteroatoms. The number of likely N-dealkylation sites (N-methyl/N-ethyl adjacent to an activating group) is 1. The van der Waals surface area contributed by atoms with Gasteiger partial charge in [0.15, 0.2) is 0 Å². The molecule has 0 bridgehead atoms. The highest BCUT2D eigenvalue weighted by Crippen LogP contribution is 2.26. The Kier molecular flexibility index (Phi) is 6.99. The first-order valence-electron chi connectivity index (χ1n) is 10.3. The van der Waals surface area contributed by atoms with E-state index in [1.807, 2.05) is 31.2 Å². The Hall–Kier alpha value is -2.73. The van der Waals surface area contributed by atoms with Crippen LogP contribution in [-0.4, -0.2) is 56.7 Å². The zero-order chi connectivity index (χ0) is 20.8. The van der Waals surface area contributed by atoms with Crippen molar-refractivity contribution < 1.29 is 9.53 Å². The highest BCUT2D eigenvalue weighted by atomic mass is 16.5. The van der Waals surface area contributed by atoms with Crippen molar-refractivity contribution in [1.82, 2.24) is 4.90 Å². The minimum atomic E-state index is -0.377. The van der Waals surface area contributed by atoms with Crippen LogP contribution in [0.2, 0.25) is 0 Å². The van der Waals surface area contributed by atoms with Gasteiger partial charge < -0.3 is 25.2 Å². The van der Waals surface area contributed by atoms with Crippen molar-refractivity contribution in [1.29, 1.82) is 0 Å². The predicted molar refractivity (Wildman–Crippen MR) is 120 cm³/mol. The van der Waals surface area contributed by atoms with E-state index in [9.17, 15) is 4.79 Å². The predicted octanol–water partition coefficient (Wildman–Crippen LogP) is 3.58. The molecule has 0 aromatic heterocycles. The van der Waals surface area contributed by atoms with E-state index < -0.39 is 0 Å². The highest BCUT2D eigenvalue weighted by molar-refractivity contribution is 5.97. The van der Waals surface area contributed by atoms with E-state index >= 15 is 0 Å². The van der Waals surface area contributed by atoms with Crippen molar-refractivity contribution in [3.05, 3.63) is 48.0 Å². The molecule has 29 heavy (non-hydrogen) atoms. The lowest BCUT2D eigenvalue weighted by Crippen LogP contribution is -2.46. The van der Waals surface area contributed by atoms with E-state index in [1.54, 1.807) is 7.11 Å². The summed E-state index contributed by atoms with van der Waals surface area (Å²) < 4.78 is 5.31. The number of methoxy groups -OCH3 is 1. The second-order valence-electron chi connectivity index (χ2n) is 7.48. The van der Waals surface area contributed by atoms with Crippen LogP contribution >= 0.6 is 0 Å². The molecule has 3 rings (SSSR count). The van der Waals surface area contributed by atoms with Gasteiger partial charge >= 0.3 is 0 Å². The highest BCUT2D eigenvalue weighted by Gasteiger charge is 2.18. The number of ether oxygens (including phenoxy) is 1. The van der Waals surface area contributed by atoms with Crippen molar-refractivity contribution in [2.45, 2.75) is 26.8 Å². The fourth-order valence-electron chi connectivity index (χ4n) is 3.62. The van der Waals surface area contributed by atoms with E-state index in [0.29, 0.717) is 11.4 Å². The van der Waals surface area contributed by atoms with Gasteiger partial charge in [-0.3, -0.25) is 4.79 Å². The largest absolute Gasteiger partial charge is 0.495 e. The van der Waals surface area contributed by atoms with Gasteiger partial charge in [-0.2, -0.15) is 0 Å². The van der Waals surface area contributed by atoms with Crippen molar-refractivity contribution in [3.8, 4) is 5.75 Å². The monoisotopic (exact) mass is 396 g/mol. The van der Waals surface area contributed by atoms with Crippen LogP contribution in [0, 0.1) is 6.92 Å². The Morgan fingerprint density at radius 1 is 1.10 bits per heavy atom. The minimum Gasteiger partial charge on any atom is -0.495 e. The molecule has 2 aromatic carbocycles. The van der Waals surface area contributed by atoms with Crippen molar-refractivity contribution in [2.24, 2.45) is 0 Å². The Morgan fingerprint density at radius 3 is 2.48 bits per heavy atom. The summed E-state index contributed by atoms with van der Waals surface area (Å²) in [7, 11) is 1.60. The lowest BCUT2D eigenvalue weighted by molar-refractivity contribution is -0.116. The number of amides is 1. The van der Waals surface area contributed by atoms with Crippen LogP contribution in [-0.2, 0) is 4.79 Å². The molecule has 1 aliphatic heterocycles. The Bertz CT molecular complexity index is 831. The number of piperazine rings is 1. The first kappa shape index (κ1) is 21.0. The third-order valence-electron chi connectivity index (χ3n) is 5.52. The van der Waals surface area contributed by atoms with Crippen LogP contribution in [0.1, 0.15) is 19.4 Å². The second kappa shape index (κ2) is 9.65. The van der Waals surface area contributed by atoms with E-state index in [0.717, 1.165) is 44.0 Å². The van der Waals surface area contributed by atoms with Gasteiger partial charge in [-0.1, -0.05) is 19.1 Å². The van der Waals surface area contributed by atoms with Crippen molar-refractivity contribution >= 4 is 23.0 Å². The Morgan fingerprint density at radius 2 is 1.83 bits per heavy atom. The summed E-state index contributed by atoms with van der Waals surface area (Å²) in [5, 5.41) is 6.27. The molecular weight excluding hydrogens is 364 g/mol. The van der Waals surface area contributed by atoms with Gasteiger partial charge in [-0.05, 0) is 56.3 Å². The molecule has 2 aromatic rings. The van der Waals surface area contributed by atoms with Crippen LogP contribution in [0.25, 0.3) is 0 Å². The zero-order valence-corrected chi connectivity index (χ0v) is 17.9.